The summed E-state index contributed by atoms with van der Waals surface area (Å²) in [6.07, 6.45) is 0. The van der Waals surface area contributed by atoms with Gasteiger partial charge in [0.05, 0.1) is 24.1 Å². The topological polar surface area (TPSA) is 18.6 Å². The van der Waals surface area contributed by atoms with Crippen LogP contribution in [-0.2, 0) is 5.41 Å². The summed E-state index contributed by atoms with van der Waals surface area (Å²) in [5, 5.41) is 2.59. The molecule has 69 heavy (non-hydrogen) atoms. The molecule has 2 aliphatic carbocycles. The number of anilines is 2. The van der Waals surface area contributed by atoms with Gasteiger partial charge in [0, 0.05) is 54.2 Å². The van der Waals surface area contributed by atoms with Crippen LogP contribution in [0.4, 0.5) is 11.4 Å². The highest BCUT2D eigenvalue weighted by Crippen LogP contribution is 2.64. The highest BCUT2D eigenvalue weighted by molar-refractivity contribution is 7.25. The van der Waals surface area contributed by atoms with Crippen molar-refractivity contribution in [1.82, 2.24) is 0 Å². The van der Waals surface area contributed by atoms with Crippen LogP contribution in [0.1, 0.15) is 71.3 Å². The zero-order valence-electron chi connectivity index (χ0n) is 39.0. The third-order valence-corrected chi connectivity index (χ3v) is 17.0. The van der Waals surface area contributed by atoms with Gasteiger partial charge in [0.25, 0.3) is 0 Å². The molecule has 0 radical (unpaired) electrons. The van der Waals surface area contributed by atoms with Gasteiger partial charge in [-0.2, -0.15) is 0 Å². The molecule has 14 rings (SSSR count). The zero-order chi connectivity index (χ0) is 46.1. The van der Waals surface area contributed by atoms with Gasteiger partial charge in [0.1, 0.15) is 5.70 Å². The molecule has 4 heteroatoms. The quantitative estimate of drug-likeness (QED) is 0.161. The van der Waals surface area contributed by atoms with Crippen molar-refractivity contribution in [1.29, 1.82) is 0 Å². The minimum atomic E-state index is -0.407. The van der Waals surface area contributed by atoms with Gasteiger partial charge in [-0.25, -0.2) is 4.58 Å². The normalized spacial score (nSPS) is 17.3. The second-order valence-corrected chi connectivity index (χ2v) is 20.4. The monoisotopic (exact) mass is 902 g/mol. The van der Waals surface area contributed by atoms with Crippen LogP contribution < -0.4 is 4.90 Å². The standard InChI is InChI=1S/C65H48N3S/c1-39-40(2)63(42-19-6-5-7-20-42)67(4)64(44-33-34-51-50-27-12-17-32-60(50)69-61(51)36-44)66-62(39)43-21-18-22-45(35-43)68-41(3)52-38-58-54(37-53(52)49-26-11-16-31-59(49)68)48-25-10-15-30-57(48)65(58)55-28-13-8-23-46(55)47-24-9-14-29-56(47)65/h5-39,41H,1-4H3/q+1. The van der Waals surface area contributed by atoms with Gasteiger partial charge in [-0.15, -0.1) is 11.3 Å². The average Bonchev–Trinajstić information content (AvgIpc) is 4.00. The van der Waals surface area contributed by atoms with E-state index in [2.05, 4.69) is 244 Å². The molecule has 328 valence electrons. The van der Waals surface area contributed by atoms with E-state index in [1.54, 1.807) is 0 Å². The summed E-state index contributed by atoms with van der Waals surface area (Å²) in [5.74, 6) is 0.981. The molecular formula is C65H48N3S+. The van der Waals surface area contributed by atoms with Crippen LogP contribution in [0.2, 0.25) is 0 Å². The van der Waals surface area contributed by atoms with Crippen LogP contribution in [0, 0.1) is 5.92 Å². The van der Waals surface area contributed by atoms with Crippen molar-refractivity contribution in [3.8, 4) is 33.4 Å². The Kier molecular flexibility index (Phi) is 8.76. The molecule has 0 bridgehead atoms. The Morgan fingerprint density at radius 1 is 0.493 bits per heavy atom. The maximum absolute atomic E-state index is 5.79. The molecule has 9 aromatic carbocycles. The lowest BCUT2D eigenvalue weighted by Gasteiger charge is -2.40. The number of rotatable bonds is 4. The first-order valence-electron chi connectivity index (χ1n) is 24.2. The van der Waals surface area contributed by atoms with Gasteiger partial charge in [-0.1, -0.05) is 171 Å². The molecule has 0 amide bonds. The van der Waals surface area contributed by atoms with Gasteiger partial charge in [0.15, 0.2) is 5.71 Å². The van der Waals surface area contributed by atoms with Crippen LogP contribution in [0.3, 0.4) is 0 Å². The summed E-state index contributed by atoms with van der Waals surface area (Å²) in [7, 11) is 2.19. The molecule has 3 heterocycles. The number of para-hydroxylation sites is 1. The number of hydrogen-bond acceptors (Lipinski definition) is 3. The van der Waals surface area contributed by atoms with E-state index in [1.165, 1.54) is 104 Å². The van der Waals surface area contributed by atoms with Crippen LogP contribution in [0.15, 0.2) is 217 Å². The highest BCUT2D eigenvalue weighted by atomic mass is 32.1. The minimum absolute atomic E-state index is 0.0317. The van der Waals surface area contributed by atoms with E-state index in [0.29, 0.717) is 0 Å². The van der Waals surface area contributed by atoms with Crippen LogP contribution in [0.5, 0.6) is 0 Å². The molecule has 0 saturated carbocycles. The van der Waals surface area contributed by atoms with Crippen molar-refractivity contribution in [2.45, 2.75) is 32.2 Å². The summed E-state index contributed by atoms with van der Waals surface area (Å²) in [6, 6.07) is 77.2. The molecule has 10 aromatic rings. The molecule has 1 spiro atoms. The Morgan fingerprint density at radius 2 is 1.10 bits per heavy atom. The van der Waals surface area contributed by atoms with Crippen molar-refractivity contribution >= 4 is 60.1 Å². The number of benzene rings is 9. The Morgan fingerprint density at radius 3 is 1.84 bits per heavy atom. The fraction of sp³-hybridized carbons (Fsp3) is 0.108. The molecule has 0 saturated heterocycles. The van der Waals surface area contributed by atoms with Crippen molar-refractivity contribution < 1.29 is 4.58 Å². The molecule has 0 fully saturated rings. The van der Waals surface area contributed by atoms with Crippen molar-refractivity contribution in [3.05, 3.63) is 256 Å². The lowest BCUT2D eigenvalue weighted by molar-refractivity contribution is -0.396. The first-order valence-corrected chi connectivity index (χ1v) is 25.1. The van der Waals surface area contributed by atoms with E-state index >= 15 is 0 Å². The zero-order valence-corrected chi connectivity index (χ0v) is 39.9. The maximum Gasteiger partial charge on any atom is 0.330 e. The minimum Gasteiger partial charge on any atom is -0.334 e. The number of hydrogen-bond donors (Lipinski definition) is 0. The third kappa shape index (κ3) is 5.61. The van der Waals surface area contributed by atoms with Crippen molar-refractivity contribution in [3.63, 3.8) is 0 Å². The SMILES string of the molecule is CC1=C(c2ccccc2)[N+](C)=C(c2ccc3c(c2)sc2ccccc23)N=C(c2cccc(N3c4ccccc4-c4cc5c(cc4C3C)C3(c4ccccc4-c4ccccc43)c3ccccc3-5)c2)C1C. The molecule has 3 nitrogen and oxygen atoms in total. The fourth-order valence-electron chi connectivity index (χ4n) is 12.7. The Bertz CT molecular complexity index is 3880. The Labute approximate surface area is 407 Å². The number of fused-ring (bicyclic) bond motifs is 16. The number of aliphatic imine (C=N–C) groups is 1. The van der Waals surface area contributed by atoms with Crippen LogP contribution in [-0.4, -0.2) is 23.2 Å². The Hall–Kier alpha value is -7.92. The largest absolute Gasteiger partial charge is 0.334 e. The fourth-order valence-corrected chi connectivity index (χ4v) is 13.8. The molecule has 1 aromatic heterocycles. The summed E-state index contributed by atoms with van der Waals surface area (Å²) < 4.78 is 4.91. The van der Waals surface area contributed by atoms with Crippen LogP contribution >= 0.6 is 11.3 Å². The van der Waals surface area contributed by atoms with Crippen molar-refractivity contribution in [2.24, 2.45) is 10.9 Å². The van der Waals surface area contributed by atoms with Gasteiger partial charge in [-0.3, -0.25) is 0 Å². The predicted octanol–water partition coefficient (Wildman–Crippen LogP) is 16.2. The van der Waals surface area contributed by atoms with Crippen LogP contribution in [0.25, 0.3) is 59.3 Å². The number of nitrogens with zero attached hydrogens (tertiary/aromatic N) is 3. The van der Waals surface area contributed by atoms with E-state index in [9.17, 15) is 0 Å². The third-order valence-electron chi connectivity index (χ3n) is 15.9. The van der Waals surface area contributed by atoms with Gasteiger partial charge < -0.3 is 4.90 Å². The molecule has 2 unspecified atom stereocenters. The summed E-state index contributed by atoms with van der Waals surface area (Å²) in [4.78, 5) is 8.37. The molecule has 2 aliphatic heterocycles. The van der Waals surface area contributed by atoms with Gasteiger partial charge in [-0.05, 0) is 123 Å². The van der Waals surface area contributed by atoms with Gasteiger partial charge >= 0.3 is 5.84 Å². The summed E-state index contributed by atoms with van der Waals surface area (Å²) in [5.41, 5.74) is 23.6. The number of thiophene rings is 1. The van der Waals surface area contributed by atoms with Crippen molar-refractivity contribution in [2.75, 3.05) is 11.9 Å². The van der Waals surface area contributed by atoms with E-state index in [4.69, 9.17) is 4.99 Å². The average molecular weight is 903 g/mol. The Balaban J connectivity index is 0.937. The van der Waals surface area contributed by atoms with E-state index < -0.39 is 5.41 Å². The van der Waals surface area contributed by atoms with E-state index in [1.807, 2.05) is 11.3 Å². The second kappa shape index (κ2) is 15.0. The number of amidine groups is 1. The lowest BCUT2D eigenvalue weighted by atomic mass is 9.69. The first-order chi connectivity index (χ1) is 33.9. The highest BCUT2D eigenvalue weighted by Gasteiger charge is 2.52. The van der Waals surface area contributed by atoms with E-state index in [-0.39, 0.29) is 12.0 Å². The smallest absolute Gasteiger partial charge is 0.330 e. The second-order valence-electron chi connectivity index (χ2n) is 19.3. The predicted molar refractivity (Wildman–Crippen MR) is 290 cm³/mol. The molecule has 4 aliphatic rings. The maximum atomic E-state index is 5.79. The summed E-state index contributed by atoms with van der Waals surface area (Å²) in [6.45, 7) is 7.03. The lowest BCUT2D eigenvalue weighted by Crippen LogP contribution is -2.29. The molecule has 2 atom stereocenters. The first kappa shape index (κ1) is 40.2. The molecule has 0 N–H and O–H groups in total. The summed E-state index contributed by atoms with van der Waals surface area (Å²) >= 11 is 1.85. The molecular weight excluding hydrogens is 855 g/mol. The number of allylic oxidation sites excluding steroid dienone is 1. The van der Waals surface area contributed by atoms with Gasteiger partial charge in [0.2, 0.25) is 0 Å². The van der Waals surface area contributed by atoms with E-state index in [0.717, 1.165) is 28.4 Å².